The number of carbonyl (C=O) groups is 1. The van der Waals surface area contributed by atoms with Gasteiger partial charge in [-0.05, 0) is 30.5 Å². The van der Waals surface area contributed by atoms with E-state index in [4.69, 9.17) is 4.74 Å². The lowest BCUT2D eigenvalue weighted by molar-refractivity contribution is -0.131. The van der Waals surface area contributed by atoms with Crippen molar-refractivity contribution in [3.05, 3.63) is 78.2 Å². The molecule has 1 aliphatic rings. The van der Waals surface area contributed by atoms with Crippen molar-refractivity contribution in [2.75, 3.05) is 20.2 Å². The van der Waals surface area contributed by atoms with Gasteiger partial charge in [0.15, 0.2) is 0 Å². The third kappa shape index (κ3) is 4.45. The maximum Gasteiger partial charge on any atom is 0.227 e. The number of amides is 1. The topological polar surface area (TPSA) is 55.3 Å². The fourth-order valence-electron chi connectivity index (χ4n) is 3.95. The zero-order chi connectivity index (χ0) is 20.1. The van der Waals surface area contributed by atoms with Crippen LogP contribution in [0.5, 0.6) is 5.75 Å². The Kier molecular flexibility index (Phi) is 5.84. The highest BCUT2D eigenvalue weighted by atomic mass is 16.5. The molecule has 1 atom stereocenters. The van der Waals surface area contributed by atoms with Gasteiger partial charge in [-0.1, -0.05) is 42.5 Å². The molecule has 1 aliphatic heterocycles. The van der Waals surface area contributed by atoms with E-state index in [-0.39, 0.29) is 11.8 Å². The molecule has 5 nitrogen and oxygen atoms in total. The lowest BCUT2D eigenvalue weighted by atomic mass is 9.91. The van der Waals surface area contributed by atoms with Gasteiger partial charge in [-0.25, -0.2) is 0 Å². The van der Waals surface area contributed by atoms with E-state index in [1.54, 1.807) is 19.5 Å². The van der Waals surface area contributed by atoms with E-state index < -0.39 is 0 Å². The molecule has 2 aromatic carbocycles. The minimum atomic E-state index is 0.174. The van der Waals surface area contributed by atoms with Gasteiger partial charge < -0.3 is 9.64 Å². The Balaban J connectivity index is 1.55. The first-order chi connectivity index (χ1) is 14.2. The highest BCUT2D eigenvalue weighted by Gasteiger charge is 2.28. The van der Waals surface area contributed by atoms with Crippen molar-refractivity contribution < 1.29 is 9.53 Å². The average molecular weight is 387 g/mol. The Morgan fingerprint density at radius 2 is 1.93 bits per heavy atom. The maximum atomic E-state index is 12.9. The van der Waals surface area contributed by atoms with Gasteiger partial charge in [-0.3, -0.25) is 14.8 Å². The van der Waals surface area contributed by atoms with Crippen LogP contribution in [0, 0.1) is 0 Å². The second kappa shape index (κ2) is 8.86. The van der Waals surface area contributed by atoms with Crippen LogP contribution in [-0.4, -0.2) is 41.0 Å². The molecular formula is C24H25N3O2. The predicted octanol–water partition coefficient (Wildman–Crippen LogP) is 4.10. The number of rotatable bonds is 5. The molecule has 0 N–H and O–H groups in total. The third-order valence-corrected chi connectivity index (χ3v) is 5.43. The number of hydrogen-bond donors (Lipinski definition) is 0. The summed E-state index contributed by atoms with van der Waals surface area (Å²) in [7, 11) is 1.66. The number of piperidine rings is 1. The minimum Gasteiger partial charge on any atom is -0.497 e. The summed E-state index contributed by atoms with van der Waals surface area (Å²) in [5.74, 6) is 1.15. The van der Waals surface area contributed by atoms with Gasteiger partial charge >= 0.3 is 0 Å². The second-order valence-electron chi connectivity index (χ2n) is 7.36. The summed E-state index contributed by atoms with van der Waals surface area (Å²) in [6, 6.07) is 17.8. The van der Waals surface area contributed by atoms with Crippen LogP contribution in [0.1, 0.15) is 30.0 Å². The molecule has 0 saturated carbocycles. The molecule has 0 aliphatic carbocycles. The summed E-state index contributed by atoms with van der Waals surface area (Å²) in [5, 5.41) is 0. The van der Waals surface area contributed by atoms with Crippen molar-refractivity contribution in [2.24, 2.45) is 0 Å². The van der Waals surface area contributed by atoms with Crippen molar-refractivity contribution in [2.45, 2.75) is 25.2 Å². The van der Waals surface area contributed by atoms with Gasteiger partial charge in [0.05, 0.1) is 24.9 Å². The molecular weight excluding hydrogens is 362 g/mol. The van der Waals surface area contributed by atoms with Crippen LogP contribution < -0.4 is 4.74 Å². The number of benzene rings is 2. The van der Waals surface area contributed by atoms with Crippen molar-refractivity contribution in [1.82, 2.24) is 14.9 Å². The number of methoxy groups -OCH3 is 1. The van der Waals surface area contributed by atoms with Gasteiger partial charge in [-0.15, -0.1) is 0 Å². The number of ether oxygens (including phenoxy) is 1. The molecule has 148 valence electrons. The summed E-state index contributed by atoms with van der Waals surface area (Å²) in [6.07, 6.45) is 5.88. The first-order valence-electron chi connectivity index (χ1n) is 10.0. The lowest BCUT2D eigenvalue weighted by Gasteiger charge is -2.33. The molecule has 1 aromatic heterocycles. The lowest BCUT2D eigenvalue weighted by Crippen LogP contribution is -2.40. The maximum absolute atomic E-state index is 12.9. The molecule has 0 radical (unpaired) electrons. The largest absolute Gasteiger partial charge is 0.497 e. The van der Waals surface area contributed by atoms with Gasteiger partial charge in [0.1, 0.15) is 5.75 Å². The first kappa shape index (κ1) is 19.1. The van der Waals surface area contributed by atoms with Crippen molar-refractivity contribution in [3.8, 4) is 17.0 Å². The molecule has 1 saturated heterocycles. The van der Waals surface area contributed by atoms with E-state index in [0.29, 0.717) is 13.0 Å². The number of aromatic nitrogens is 2. The highest BCUT2D eigenvalue weighted by molar-refractivity contribution is 5.79. The molecule has 29 heavy (non-hydrogen) atoms. The summed E-state index contributed by atoms with van der Waals surface area (Å²) in [4.78, 5) is 24.1. The number of likely N-dealkylation sites (tertiary alicyclic amines) is 1. The van der Waals surface area contributed by atoms with Gasteiger partial charge in [0.2, 0.25) is 5.91 Å². The minimum absolute atomic E-state index is 0.174. The Labute approximate surface area is 171 Å². The van der Waals surface area contributed by atoms with E-state index >= 15 is 0 Å². The Bertz CT molecular complexity index is 975. The number of nitrogens with zero attached hydrogens (tertiary/aromatic N) is 3. The number of carbonyl (C=O) groups excluding carboxylic acids is 1. The SMILES string of the molecule is COc1cccc(-c2nccnc2[C@H]2CCCN(C(=O)Cc3ccccc3)C2)c1. The molecule has 3 aromatic rings. The summed E-state index contributed by atoms with van der Waals surface area (Å²) in [5.41, 5.74) is 3.86. The van der Waals surface area contributed by atoms with Crippen LogP contribution in [0.2, 0.25) is 0 Å². The smallest absolute Gasteiger partial charge is 0.227 e. The summed E-state index contributed by atoms with van der Waals surface area (Å²) < 4.78 is 5.37. The van der Waals surface area contributed by atoms with Gasteiger partial charge in [0.25, 0.3) is 0 Å². The van der Waals surface area contributed by atoms with E-state index in [1.165, 1.54) is 0 Å². The van der Waals surface area contributed by atoms with Crippen LogP contribution >= 0.6 is 0 Å². The third-order valence-electron chi connectivity index (χ3n) is 5.43. The molecule has 5 heteroatoms. The standard InChI is InChI=1S/C24H25N3O2/c1-29-21-11-5-9-19(16-21)23-24(26-13-12-25-23)20-10-6-14-27(17-20)22(28)15-18-7-3-2-4-8-18/h2-5,7-9,11-13,16,20H,6,10,14-15,17H2,1H3/t20-/m0/s1. The normalized spacial score (nSPS) is 16.4. The second-order valence-corrected chi connectivity index (χ2v) is 7.36. The Morgan fingerprint density at radius 1 is 1.10 bits per heavy atom. The molecule has 1 amide bonds. The fraction of sp³-hybridized carbons (Fsp3) is 0.292. The first-order valence-corrected chi connectivity index (χ1v) is 10.0. The predicted molar refractivity (Wildman–Crippen MR) is 113 cm³/mol. The monoisotopic (exact) mass is 387 g/mol. The van der Waals surface area contributed by atoms with Crippen LogP contribution in [0.15, 0.2) is 67.0 Å². The summed E-state index contributed by atoms with van der Waals surface area (Å²) in [6.45, 7) is 1.48. The van der Waals surface area contributed by atoms with Crippen LogP contribution in [-0.2, 0) is 11.2 Å². The Hall–Kier alpha value is -3.21. The van der Waals surface area contributed by atoms with Crippen molar-refractivity contribution in [1.29, 1.82) is 0 Å². The van der Waals surface area contributed by atoms with Crippen LogP contribution in [0.25, 0.3) is 11.3 Å². The van der Waals surface area contributed by atoms with Crippen molar-refractivity contribution >= 4 is 5.91 Å². The zero-order valence-corrected chi connectivity index (χ0v) is 16.6. The van der Waals surface area contributed by atoms with Gasteiger partial charge in [-0.2, -0.15) is 0 Å². The average Bonchev–Trinajstić information content (AvgIpc) is 2.80. The van der Waals surface area contributed by atoms with E-state index in [0.717, 1.165) is 47.7 Å². The fourth-order valence-corrected chi connectivity index (χ4v) is 3.95. The zero-order valence-electron chi connectivity index (χ0n) is 16.6. The Morgan fingerprint density at radius 3 is 2.76 bits per heavy atom. The molecule has 1 fully saturated rings. The molecule has 2 heterocycles. The molecule has 0 spiro atoms. The van der Waals surface area contributed by atoms with Gasteiger partial charge in [0, 0.05) is 37.0 Å². The molecule has 4 rings (SSSR count). The van der Waals surface area contributed by atoms with E-state index in [1.807, 2.05) is 59.5 Å². The molecule has 0 unspecified atom stereocenters. The van der Waals surface area contributed by atoms with Crippen molar-refractivity contribution in [3.63, 3.8) is 0 Å². The van der Waals surface area contributed by atoms with E-state index in [2.05, 4.69) is 9.97 Å². The van der Waals surface area contributed by atoms with E-state index in [9.17, 15) is 4.79 Å². The molecule has 0 bridgehead atoms. The van der Waals surface area contributed by atoms with Crippen LogP contribution in [0.3, 0.4) is 0 Å². The number of hydrogen-bond acceptors (Lipinski definition) is 4. The quantitative estimate of drug-likeness (QED) is 0.661. The van der Waals surface area contributed by atoms with Crippen LogP contribution in [0.4, 0.5) is 0 Å². The highest BCUT2D eigenvalue weighted by Crippen LogP contribution is 2.33. The summed E-state index contributed by atoms with van der Waals surface area (Å²) >= 11 is 0.